The van der Waals surface area contributed by atoms with Crippen LogP contribution in [0.3, 0.4) is 0 Å². The highest BCUT2D eigenvalue weighted by Gasteiger charge is 2.23. The van der Waals surface area contributed by atoms with Crippen LogP contribution in [0.1, 0.15) is 39.0 Å². The normalized spacial score (nSPS) is 27.9. The number of likely N-dealkylation sites (N-methyl/N-ethyl adjacent to an activating group) is 1. The molecule has 1 saturated carbocycles. The topological polar surface area (TPSA) is 29.3 Å². The Morgan fingerprint density at radius 2 is 2.21 bits per heavy atom. The van der Waals surface area contributed by atoms with Crippen LogP contribution in [-0.2, 0) is 0 Å². The van der Waals surface area contributed by atoms with Gasteiger partial charge in [0.25, 0.3) is 0 Å². The van der Waals surface area contributed by atoms with Gasteiger partial charge < -0.3 is 5.73 Å². The lowest BCUT2D eigenvalue weighted by atomic mass is 9.83. The molecule has 2 unspecified atom stereocenters. The van der Waals surface area contributed by atoms with Crippen LogP contribution in [-0.4, -0.2) is 29.5 Å². The standard InChI is InChI=1S/C11H22N2S/c1-3-9-5-4-6-10(7-9)13(2)8-11(12)14/h9-10H,3-8H2,1-2H3,(H2,12,14). The summed E-state index contributed by atoms with van der Waals surface area (Å²) in [6.07, 6.45) is 6.74. The third-order valence-corrected chi connectivity index (χ3v) is 3.49. The minimum absolute atomic E-state index is 0.617. The minimum atomic E-state index is 0.617. The molecule has 1 rings (SSSR count). The minimum Gasteiger partial charge on any atom is -0.392 e. The van der Waals surface area contributed by atoms with E-state index in [-0.39, 0.29) is 0 Å². The van der Waals surface area contributed by atoms with Crippen molar-refractivity contribution >= 4 is 17.2 Å². The van der Waals surface area contributed by atoms with Crippen molar-refractivity contribution in [3.63, 3.8) is 0 Å². The molecule has 2 atom stereocenters. The summed E-state index contributed by atoms with van der Waals surface area (Å²) < 4.78 is 0. The second-order valence-corrected chi connectivity index (χ2v) is 5.00. The Labute approximate surface area is 92.8 Å². The van der Waals surface area contributed by atoms with Crippen LogP contribution in [0.2, 0.25) is 0 Å². The van der Waals surface area contributed by atoms with Gasteiger partial charge in [0.05, 0.1) is 4.99 Å². The summed E-state index contributed by atoms with van der Waals surface area (Å²) in [6.45, 7) is 3.07. The maximum Gasteiger partial charge on any atom is 0.0870 e. The molecule has 2 N–H and O–H groups in total. The van der Waals surface area contributed by atoms with E-state index in [1.807, 2.05) is 0 Å². The lowest BCUT2D eigenvalue weighted by Gasteiger charge is -2.34. The molecule has 0 radical (unpaired) electrons. The zero-order valence-corrected chi connectivity index (χ0v) is 10.1. The van der Waals surface area contributed by atoms with Crippen LogP contribution in [0.15, 0.2) is 0 Å². The van der Waals surface area contributed by atoms with Gasteiger partial charge in [0, 0.05) is 12.6 Å². The van der Waals surface area contributed by atoms with Crippen LogP contribution in [0.25, 0.3) is 0 Å². The third-order valence-electron chi connectivity index (χ3n) is 3.36. The monoisotopic (exact) mass is 214 g/mol. The van der Waals surface area contributed by atoms with E-state index in [1.165, 1.54) is 32.1 Å². The fourth-order valence-electron chi connectivity index (χ4n) is 2.41. The Hall–Kier alpha value is -0.150. The zero-order chi connectivity index (χ0) is 10.6. The number of nitrogens with zero attached hydrogens (tertiary/aromatic N) is 1. The summed E-state index contributed by atoms with van der Waals surface area (Å²) in [5.74, 6) is 0.919. The molecule has 82 valence electrons. The highest BCUT2D eigenvalue weighted by molar-refractivity contribution is 7.80. The first-order chi connectivity index (χ1) is 6.63. The molecule has 1 aliphatic rings. The van der Waals surface area contributed by atoms with Crippen molar-refractivity contribution in [1.82, 2.24) is 4.90 Å². The first-order valence-electron chi connectivity index (χ1n) is 5.62. The molecular formula is C11H22N2S. The average molecular weight is 214 g/mol. The Bertz CT molecular complexity index is 194. The Morgan fingerprint density at radius 3 is 2.79 bits per heavy atom. The summed E-state index contributed by atoms with van der Waals surface area (Å²) >= 11 is 4.94. The van der Waals surface area contributed by atoms with Crippen LogP contribution < -0.4 is 5.73 Å². The fraction of sp³-hybridized carbons (Fsp3) is 0.909. The highest BCUT2D eigenvalue weighted by atomic mass is 32.1. The molecular weight excluding hydrogens is 192 g/mol. The van der Waals surface area contributed by atoms with Gasteiger partial charge >= 0.3 is 0 Å². The maximum absolute atomic E-state index is 5.56. The summed E-state index contributed by atoms with van der Waals surface area (Å²) in [7, 11) is 2.14. The summed E-state index contributed by atoms with van der Waals surface area (Å²) in [6, 6.07) is 0.704. The van der Waals surface area contributed by atoms with Crippen molar-refractivity contribution in [3.05, 3.63) is 0 Å². The molecule has 0 heterocycles. The lowest BCUT2D eigenvalue weighted by Crippen LogP contribution is -2.40. The second kappa shape index (κ2) is 5.66. The molecule has 0 bridgehead atoms. The third kappa shape index (κ3) is 3.54. The summed E-state index contributed by atoms with van der Waals surface area (Å²) in [5.41, 5.74) is 5.56. The van der Waals surface area contributed by atoms with Crippen molar-refractivity contribution in [2.24, 2.45) is 11.7 Å². The van der Waals surface area contributed by atoms with Crippen molar-refractivity contribution in [2.75, 3.05) is 13.6 Å². The predicted octanol–water partition coefficient (Wildman–Crippen LogP) is 2.17. The molecule has 1 fully saturated rings. The molecule has 0 aliphatic heterocycles. The first kappa shape index (κ1) is 11.9. The molecule has 0 amide bonds. The van der Waals surface area contributed by atoms with Crippen molar-refractivity contribution in [2.45, 2.75) is 45.1 Å². The average Bonchev–Trinajstić information content (AvgIpc) is 2.17. The van der Waals surface area contributed by atoms with Crippen LogP contribution >= 0.6 is 12.2 Å². The van der Waals surface area contributed by atoms with Gasteiger partial charge in [0.1, 0.15) is 0 Å². The summed E-state index contributed by atoms with van der Waals surface area (Å²) in [4.78, 5) is 2.94. The van der Waals surface area contributed by atoms with E-state index >= 15 is 0 Å². The zero-order valence-electron chi connectivity index (χ0n) is 9.33. The van der Waals surface area contributed by atoms with Crippen molar-refractivity contribution in [3.8, 4) is 0 Å². The number of rotatable bonds is 4. The number of hydrogen-bond donors (Lipinski definition) is 1. The van der Waals surface area contributed by atoms with E-state index in [2.05, 4.69) is 18.9 Å². The molecule has 0 spiro atoms. The second-order valence-electron chi connectivity index (χ2n) is 4.48. The quantitative estimate of drug-likeness (QED) is 0.727. The molecule has 14 heavy (non-hydrogen) atoms. The van der Waals surface area contributed by atoms with Crippen LogP contribution in [0, 0.1) is 5.92 Å². The van der Waals surface area contributed by atoms with Gasteiger partial charge in [-0.3, -0.25) is 4.90 Å². The number of thiocarbonyl (C=S) groups is 1. The van der Waals surface area contributed by atoms with Gasteiger partial charge in [-0.2, -0.15) is 0 Å². The molecule has 0 aromatic rings. The van der Waals surface area contributed by atoms with Crippen molar-refractivity contribution in [1.29, 1.82) is 0 Å². The van der Waals surface area contributed by atoms with Gasteiger partial charge in [0.15, 0.2) is 0 Å². The van der Waals surface area contributed by atoms with Gasteiger partial charge in [-0.15, -0.1) is 0 Å². The molecule has 2 nitrogen and oxygen atoms in total. The maximum atomic E-state index is 5.56. The molecule has 1 aliphatic carbocycles. The van der Waals surface area contributed by atoms with E-state index in [1.54, 1.807) is 0 Å². The van der Waals surface area contributed by atoms with Gasteiger partial charge in [-0.1, -0.05) is 38.4 Å². The van der Waals surface area contributed by atoms with Crippen LogP contribution in [0.5, 0.6) is 0 Å². The van der Waals surface area contributed by atoms with E-state index in [0.29, 0.717) is 11.0 Å². The van der Waals surface area contributed by atoms with Gasteiger partial charge in [0.2, 0.25) is 0 Å². The Morgan fingerprint density at radius 1 is 1.50 bits per heavy atom. The number of hydrogen-bond acceptors (Lipinski definition) is 2. The van der Waals surface area contributed by atoms with Gasteiger partial charge in [-0.05, 0) is 25.8 Å². The smallest absolute Gasteiger partial charge is 0.0870 e. The van der Waals surface area contributed by atoms with E-state index in [9.17, 15) is 0 Å². The Balaban J connectivity index is 2.38. The summed E-state index contributed by atoms with van der Waals surface area (Å²) in [5, 5.41) is 0. The molecule has 0 aromatic heterocycles. The number of nitrogens with two attached hydrogens (primary N) is 1. The van der Waals surface area contributed by atoms with E-state index in [0.717, 1.165) is 12.5 Å². The first-order valence-corrected chi connectivity index (χ1v) is 6.02. The van der Waals surface area contributed by atoms with Crippen molar-refractivity contribution < 1.29 is 0 Å². The highest BCUT2D eigenvalue weighted by Crippen LogP contribution is 2.28. The van der Waals surface area contributed by atoms with E-state index in [4.69, 9.17) is 18.0 Å². The van der Waals surface area contributed by atoms with E-state index < -0.39 is 0 Å². The fourth-order valence-corrected chi connectivity index (χ4v) is 2.61. The van der Waals surface area contributed by atoms with Gasteiger partial charge in [-0.25, -0.2) is 0 Å². The lowest BCUT2D eigenvalue weighted by molar-refractivity contribution is 0.173. The largest absolute Gasteiger partial charge is 0.392 e. The SMILES string of the molecule is CCC1CCCC(N(C)CC(N)=S)C1. The molecule has 0 aromatic carbocycles. The predicted molar refractivity (Wildman–Crippen MR) is 65.5 cm³/mol. The Kier molecular flexibility index (Phi) is 4.82. The molecule has 0 saturated heterocycles. The van der Waals surface area contributed by atoms with Crippen LogP contribution in [0.4, 0.5) is 0 Å². The molecule has 3 heteroatoms.